The summed E-state index contributed by atoms with van der Waals surface area (Å²) in [6, 6.07) is 0. The van der Waals surface area contributed by atoms with Crippen LogP contribution < -0.4 is 10.0 Å². The summed E-state index contributed by atoms with van der Waals surface area (Å²) < 4.78 is 31.8. The topological polar surface area (TPSA) is 70.7 Å². The van der Waals surface area contributed by atoms with Gasteiger partial charge in [-0.1, -0.05) is 6.92 Å². The van der Waals surface area contributed by atoms with Crippen molar-refractivity contribution in [2.75, 3.05) is 52.5 Å². The molecule has 114 valence electrons. The van der Waals surface area contributed by atoms with Crippen LogP contribution in [0.2, 0.25) is 0 Å². The van der Waals surface area contributed by atoms with E-state index in [1.165, 1.54) is 0 Å². The van der Waals surface area contributed by atoms with Crippen LogP contribution in [0.5, 0.6) is 0 Å². The maximum atomic E-state index is 11.9. The van der Waals surface area contributed by atoms with E-state index in [4.69, 9.17) is 4.74 Å². The molecule has 0 aromatic carbocycles. The summed E-state index contributed by atoms with van der Waals surface area (Å²) in [6.07, 6.45) is 0.840. The summed E-state index contributed by atoms with van der Waals surface area (Å²) in [5.41, 5.74) is 0. The second kappa shape index (κ2) is 8.86. The Kier molecular flexibility index (Phi) is 7.86. The molecule has 0 radical (unpaired) electrons. The van der Waals surface area contributed by atoms with E-state index in [-0.39, 0.29) is 0 Å². The fourth-order valence-corrected chi connectivity index (χ4v) is 2.99. The lowest BCUT2D eigenvalue weighted by Crippen LogP contribution is -2.41. The third kappa shape index (κ3) is 6.67. The SMILES string of the molecule is CCNCC(C)S(=O)(=O)NCCCN1CCOCC1. The second-order valence-corrected chi connectivity index (χ2v) is 7.05. The van der Waals surface area contributed by atoms with Gasteiger partial charge in [-0.2, -0.15) is 0 Å². The molecule has 1 saturated heterocycles. The normalized spacial score (nSPS) is 19.5. The van der Waals surface area contributed by atoms with E-state index in [2.05, 4.69) is 14.9 Å². The molecule has 0 aromatic rings. The molecular formula is C12H27N3O3S. The predicted molar refractivity (Wildman–Crippen MR) is 76.8 cm³/mol. The van der Waals surface area contributed by atoms with Crippen LogP contribution in [-0.2, 0) is 14.8 Å². The van der Waals surface area contributed by atoms with Gasteiger partial charge < -0.3 is 10.1 Å². The molecule has 1 fully saturated rings. The van der Waals surface area contributed by atoms with E-state index in [1.54, 1.807) is 6.92 Å². The molecule has 0 aromatic heterocycles. The van der Waals surface area contributed by atoms with E-state index in [1.807, 2.05) is 6.92 Å². The van der Waals surface area contributed by atoms with Crippen molar-refractivity contribution in [3.05, 3.63) is 0 Å². The van der Waals surface area contributed by atoms with Crippen molar-refractivity contribution in [1.82, 2.24) is 14.9 Å². The molecule has 0 saturated carbocycles. The number of sulfonamides is 1. The van der Waals surface area contributed by atoms with E-state index in [9.17, 15) is 8.42 Å². The van der Waals surface area contributed by atoms with Gasteiger partial charge >= 0.3 is 0 Å². The quantitative estimate of drug-likeness (QED) is 0.568. The Morgan fingerprint density at radius 3 is 2.63 bits per heavy atom. The van der Waals surface area contributed by atoms with E-state index in [0.717, 1.165) is 45.8 Å². The minimum absolute atomic E-state index is 0.393. The zero-order valence-corrected chi connectivity index (χ0v) is 12.8. The van der Waals surface area contributed by atoms with E-state index < -0.39 is 15.3 Å². The fraction of sp³-hybridized carbons (Fsp3) is 1.00. The highest BCUT2D eigenvalue weighted by molar-refractivity contribution is 7.90. The molecular weight excluding hydrogens is 266 g/mol. The molecule has 0 spiro atoms. The molecule has 1 unspecified atom stereocenters. The highest BCUT2D eigenvalue weighted by atomic mass is 32.2. The Bertz CT molecular complexity index is 329. The molecule has 0 bridgehead atoms. The number of rotatable bonds is 9. The summed E-state index contributed by atoms with van der Waals surface area (Å²) >= 11 is 0. The Labute approximate surface area is 116 Å². The summed E-state index contributed by atoms with van der Waals surface area (Å²) in [6.45, 7) is 9.88. The Balaban J connectivity index is 2.16. The first kappa shape index (κ1) is 16.8. The first-order chi connectivity index (χ1) is 9.06. The predicted octanol–water partition coefficient (Wildman–Crippen LogP) is -0.374. The molecule has 7 heteroatoms. The third-order valence-electron chi connectivity index (χ3n) is 3.27. The highest BCUT2D eigenvalue weighted by Crippen LogP contribution is 1.99. The summed E-state index contributed by atoms with van der Waals surface area (Å²) in [5.74, 6) is 0. The van der Waals surface area contributed by atoms with Crippen LogP contribution in [-0.4, -0.2) is 71.0 Å². The number of morpholine rings is 1. The first-order valence-corrected chi connectivity index (χ1v) is 8.60. The van der Waals surface area contributed by atoms with Gasteiger partial charge in [0.25, 0.3) is 0 Å². The van der Waals surface area contributed by atoms with Gasteiger partial charge in [-0.25, -0.2) is 13.1 Å². The van der Waals surface area contributed by atoms with E-state index >= 15 is 0 Å². The van der Waals surface area contributed by atoms with Crippen LogP contribution in [0.3, 0.4) is 0 Å². The maximum absolute atomic E-state index is 11.9. The lowest BCUT2D eigenvalue weighted by Gasteiger charge is -2.26. The number of hydrogen-bond acceptors (Lipinski definition) is 5. The highest BCUT2D eigenvalue weighted by Gasteiger charge is 2.19. The zero-order valence-electron chi connectivity index (χ0n) is 12.0. The minimum atomic E-state index is -3.19. The standard InChI is InChI=1S/C12H27N3O3S/c1-3-13-11-12(2)19(16,17)14-5-4-6-15-7-9-18-10-8-15/h12-14H,3-11H2,1-2H3. The molecule has 19 heavy (non-hydrogen) atoms. The second-order valence-electron chi connectivity index (χ2n) is 4.87. The third-order valence-corrected chi connectivity index (χ3v) is 5.10. The lowest BCUT2D eigenvalue weighted by molar-refractivity contribution is 0.0376. The first-order valence-electron chi connectivity index (χ1n) is 7.05. The summed E-state index contributed by atoms with van der Waals surface area (Å²) in [4.78, 5) is 2.31. The van der Waals surface area contributed by atoms with E-state index in [0.29, 0.717) is 13.1 Å². The van der Waals surface area contributed by atoms with Crippen molar-refractivity contribution in [3.63, 3.8) is 0 Å². The van der Waals surface area contributed by atoms with Gasteiger partial charge in [-0.15, -0.1) is 0 Å². The van der Waals surface area contributed by atoms with Gasteiger partial charge in [0.05, 0.1) is 18.5 Å². The van der Waals surface area contributed by atoms with Gasteiger partial charge in [0.15, 0.2) is 0 Å². The number of nitrogens with one attached hydrogen (secondary N) is 2. The molecule has 2 N–H and O–H groups in total. The van der Waals surface area contributed by atoms with Gasteiger partial charge in [-0.3, -0.25) is 4.90 Å². The van der Waals surface area contributed by atoms with Gasteiger partial charge in [0, 0.05) is 26.2 Å². The molecule has 6 nitrogen and oxygen atoms in total. The van der Waals surface area contributed by atoms with Gasteiger partial charge in [-0.05, 0) is 26.4 Å². The van der Waals surface area contributed by atoms with Crippen molar-refractivity contribution in [1.29, 1.82) is 0 Å². The molecule has 1 aliphatic heterocycles. The lowest BCUT2D eigenvalue weighted by atomic mass is 10.3. The van der Waals surface area contributed by atoms with Gasteiger partial charge in [0.1, 0.15) is 0 Å². The minimum Gasteiger partial charge on any atom is -0.379 e. The molecule has 1 aliphatic rings. The number of ether oxygens (including phenoxy) is 1. The average Bonchev–Trinajstić information content (AvgIpc) is 2.42. The molecule has 1 atom stereocenters. The van der Waals surface area contributed by atoms with Crippen molar-refractivity contribution < 1.29 is 13.2 Å². The smallest absolute Gasteiger partial charge is 0.215 e. The molecule has 0 amide bonds. The van der Waals surface area contributed by atoms with Crippen LogP contribution in [0, 0.1) is 0 Å². The number of nitrogens with zero attached hydrogens (tertiary/aromatic N) is 1. The van der Waals surface area contributed by atoms with Crippen LogP contribution in [0.25, 0.3) is 0 Å². The van der Waals surface area contributed by atoms with Crippen molar-refractivity contribution in [3.8, 4) is 0 Å². The van der Waals surface area contributed by atoms with Crippen LogP contribution in [0.1, 0.15) is 20.3 Å². The molecule has 1 heterocycles. The maximum Gasteiger partial charge on any atom is 0.215 e. The Morgan fingerprint density at radius 2 is 2.00 bits per heavy atom. The van der Waals surface area contributed by atoms with Crippen molar-refractivity contribution >= 4 is 10.0 Å². The number of hydrogen-bond donors (Lipinski definition) is 2. The summed E-state index contributed by atoms with van der Waals surface area (Å²) in [7, 11) is -3.19. The van der Waals surface area contributed by atoms with Gasteiger partial charge in [0.2, 0.25) is 10.0 Å². The van der Waals surface area contributed by atoms with Crippen LogP contribution >= 0.6 is 0 Å². The average molecular weight is 293 g/mol. The Morgan fingerprint density at radius 1 is 1.32 bits per heavy atom. The fourth-order valence-electron chi connectivity index (χ4n) is 1.94. The monoisotopic (exact) mass is 293 g/mol. The summed E-state index contributed by atoms with van der Waals surface area (Å²) in [5, 5.41) is 2.66. The van der Waals surface area contributed by atoms with Crippen molar-refractivity contribution in [2.24, 2.45) is 0 Å². The Hall–Kier alpha value is -0.210. The van der Waals surface area contributed by atoms with Crippen LogP contribution in [0.4, 0.5) is 0 Å². The van der Waals surface area contributed by atoms with Crippen LogP contribution in [0.15, 0.2) is 0 Å². The molecule has 1 rings (SSSR count). The zero-order chi connectivity index (χ0) is 14.1. The van der Waals surface area contributed by atoms with Crippen molar-refractivity contribution in [2.45, 2.75) is 25.5 Å². The largest absolute Gasteiger partial charge is 0.379 e. The molecule has 0 aliphatic carbocycles.